The summed E-state index contributed by atoms with van der Waals surface area (Å²) in [5, 5.41) is 21.3. The molecule has 3 heterocycles. The van der Waals surface area contributed by atoms with Crippen molar-refractivity contribution in [1.29, 1.82) is 5.26 Å². The quantitative estimate of drug-likeness (QED) is 0.183. The van der Waals surface area contributed by atoms with E-state index in [9.17, 15) is 14.0 Å². The number of nitriles is 1. The molecule has 1 saturated carbocycles. The number of fused-ring (bicyclic) bond motifs is 2. The molecule has 4 N–H and O–H groups in total. The Bertz CT molecular complexity index is 1820. The molecule has 0 radical (unpaired) electrons. The minimum Gasteiger partial charge on any atom is -0.383 e. The number of hydrazine groups is 2. The van der Waals surface area contributed by atoms with Crippen LogP contribution in [0.2, 0.25) is 0 Å². The maximum atomic E-state index is 14.0. The predicted molar refractivity (Wildman–Crippen MR) is 165 cm³/mol. The number of pyridine rings is 2. The lowest BCUT2D eigenvalue weighted by atomic mass is 9.96. The highest BCUT2D eigenvalue weighted by Crippen LogP contribution is 2.47. The van der Waals surface area contributed by atoms with Gasteiger partial charge in [-0.3, -0.25) is 15.0 Å². The molecule has 10 heteroatoms. The molecule has 2 aliphatic rings. The molecule has 0 bridgehead atoms. The molecular formula is C33H32F2N8. The maximum Gasteiger partial charge on any atom is 0.262 e. The van der Waals surface area contributed by atoms with Crippen molar-refractivity contribution in [3.8, 4) is 18.4 Å². The molecule has 1 fully saturated rings. The molecule has 0 saturated heterocycles. The van der Waals surface area contributed by atoms with Crippen LogP contribution >= 0.6 is 0 Å². The monoisotopic (exact) mass is 578 g/mol. The van der Waals surface area contributed by atoms with Gasteiger partial charge in [-0.2, -0.15) is 5.26 Å². The molecule has 6 rings (SSSR count). The van der Waals surface area contributed by atoms with Crippen LogP contribution in [0.1, 0.15) is 56.3 Å². The summed E-state index contributed by atoms with van der Waals surface area (Å²) >= 11 is 0. The van der Waals surface area contributed by atoms with Crippen LogP contribution < -0.4 is 21.6 Å². The second-order valence-corrected chi connectivity index (χ2v) is 12.3. The van der Waals surface area contributed by atoms with E-state index in [0.29, 0.717) is 52.8 Å². The first-order valence-electron chi connectivity index (χ1n) is 14.1. The van der Waals surface area contributed by atoms with Crippen molar-refractivity contribution in [3.05, 3.63) is 83.6 Å². The van der Waals surface area contributed by atoms with Crippen molar-refractivity contribution in [2.75, 3.05) is 17.2 Å². The smallest absolute Gasteiger partial charge is 0.262 e. The number of anilines is 2. The Labute approximate surface area is 249 Å². The molecule has 2 aromatic heterocycles. The number of nitrogens with one attached hydrogen (secondary N) is 4. The van der Waals surface area contributed by atoms with Crippen molar-refractivity contribution < 1.29 is 8.78 Å². The zero-order valence-corrected chi connectivity index (χ0v) is 24.2. The molecule has 4 aromatic rings. The number of nitrogens with zero attached hydrogens (tertiary/aromatic N) is 4. The number of alkyl halides is 2. The molecule has 0 unspecified atom stereocenters. The van der Waals surface area contributed by atoms with Gasteiger partial charge >= 0.3 is 0 Å². The van der Waals surface area contributed by atoms with E-state index in [1.165, 1.54) is 5.01 Å². The lowest BCUT2D eigenvalue weighted by Crippen LogP contribution is -2.48. The average molecular weight is 579 g/mol. The van der Waals surface area contributed by atoms with Gasteiger partial charge in [0, 0.05) is 47.8 Å². The van der Waals surface area contributed by atoms with Crippen molar-refractivity contribution in [3.63, 3.8) is 0 Å². The fourth-order valence-electron chi connectivity index (χ4n) is 5.42. The first-order valence-corrected chi connectivity index (χ1v) is 14.1. The predicted octanol–water partition coefficient (Wildman–Crippen LogP) is 6.21. The van der Waals surface area contributed by atoms with Gasteiger partial charge in [0.15, 0.2) is 0 Å². The van der Waals surface area contributed by atoms with Crippen LogP contribution in [0.25, 0.3) is 21.7 Å². The molecule has 8 nitrogen and oxygen atoms in total. The van der Waals surface area contributed by atoms with Crippen LogP contribution in [0, 0.1) is 29.1 Å². The van der Waals surface area contributed by atoms with Gasteiger partial charge in [-0.25, -0.2) is 8.78 Å². The van der Waals surface area contributed by atoms with Crippen molar-refractivity contribution in [2.45, 2.75) is 51.6 Å². The Morgan fingerprint density at radius 2 is 1.95 bits per heavy atom. The van der Waals surface area contributed by atoms with Crippen molar-refractivity contribution in [2.24, 2.45) is 5.41 Å². The Balaban J connectivity index is 1.48. The van der Waals surface area contributed by atoms with Crippen LogP contribution in [0.15, 0.2) is 66.9 Å². The minimum absolute atomic E-state index is 0.0274. The number of hydrogen-bond acceptors (Lipinski definition) is 8. The summed E-state index contributed by atoms with van der Waals surface area (Å²) in [6.45, 7) is 7.01. The van der Waals surface area contributed by atoms with E-state index in [-0.39, 0.29) is 5.41 Å². The second kappa shape index (κ2) is 10.7. The first kappa shape index (κ1) is 28.2. The summed E-state index contributed by atoms with van der Waals surface area (Å²) in [7, 11) is 0. The highest BCUT2D eigenvalue weighted by molar-refractivity contribution is 5.99. The molecule has 0 spiro atoms. The number of halogens is 2. The fraction of sp³-hybridized carbons (Fsp3) is 0.303. The molecular weight excluding hydrogens is 546 g/mol. The van der Waals surface area contributed by atoms with E-state index in [0.717, 1.165) is 22.0 Å². The van der Waals surface area contributed by atoms with Gasteiger partial charge in [0.25, 0.3) is 6.43 Å². The van der Waals surface area contributed by atoms with Crippen LogP contribution in [0.4, 0.5) is 20.2 Å². The summed E-state index contributed by atoms with van der Waals surface area (Å²) in [4.78, 5) is 8.80. The molecule has 43 heavy (non-hydrogen) atoms. The third kappa shape index (κ3) is 5.26. The molecule has 1 aliphatic carbocycles. The molecule has 218 valence electrons. The highest BCUT2D eigenvalue weighted by atomic mass is 19.3. The summed E-state index contributed by atoms with van der Waals surface area (Å²) in [5.41, 5.74) is 9.26. The van der Waals surface area contributed by atoms with Crippen LogP contribution in [0.5, 0.6) is 0 Å². The number of rotatable bonds is 8. The molecule has 0 amide bonds. The van der Waals surface area contributed by atoms with Crippen molar-refractivity contribution >= 4 is 33.1 Å². The third-order valence-corrected chi connectivity index (χ3v) is 7.93. The van der Waals surface area contributed by atoms with Gasteiger partial charge in [0.05, 0.1) is 34.1 Å². The van der Waals surface area contributed by atoms with Gasteiger partial charge < -0.3 is 16.1 Å². The van der Waals surface area contributed by atoms with Gasteiger partial charge in [-0.05, 0) is 47.4 Å². The molecule has 2 aromatic carbocycles. The lowest BCUT2D eigenvalue weighted by Gasteiger charge is -2.25. The zero-order valence-electron chi connectivity index (χ0n) is 24.2. The van der Waals surface area contributed by atoms with E-state index in [1.54, 1.807) is 30.9 Å². The maximum absolute atomic E-state index is 14.0. The van der Waals surface area contributed by atoms with Gasteiger partial charge in [-0.15, -0.1) is 12.0 Å². The summed E-state index contributed by atoms with van der Waals surface area (Å²) in [6, 6.07) is 13.3. The van der Waals surface area contributed by atoms with Crippen LogP contribution in [0.3, 0.4) is 0 Å². The topological polar surface area (TPSA) is 101 Å². The minimum atomic E-state index is -2.50. The lowest BCUT2D eigenvalue weighted by molar-refractivity contribution is 0.00911. The summed E-state index contributed by atoms with van der Waals surface area (Å²) < 4.78 is 28.0. The average Bonchev–Trinajstić information content (AvgIpc) is 3.67. The summed E-state index contributed by atoms with van der Waals surface area (Å²) in [5.74, 6) is 2.72. The van der Waals surface area contributed by atoms with Gasteiger partial charge in [0.1, 0.15) is 11.6 Å². The second-order valence-electron chi connectivity index (χ2n) is 12.3. The Hall–Kier alpha value is -4.93. The fourth-order valence-corrected chi connectivity index (χ4v) is 5.42. The first-order chi connectivity index (χ1) is 20.6. The number of terminal acetylenes is 1. The van der Waals surface area contributed by atoms with Crippen LogP contribution in [-0.2, 0) is 0 Å². The Morgan fingerprint density at radius 3 is 2.65 bits per heavy atom. The van der Waals surface area contributed by atoms with Gasteiger partial charge in [0.2, 0.25) is 0 Å². The largest absolute Gasteiger partial charge is 0.383 e. The highest BCUT2D eigenvalue weighted by Gasteiger charge is 2.56. The van der Waals surface area contributed by atoms with E-state index in [4.69, 9.17) is 6.42 Å². The number of aromatic nitrogens is 2. The van der Waals surface area contributed by atoms with E-state index in [2.05, 4.69) is 64.3 Å². The zero-order chi connectivity index (χ0) is 30.4. The Morgan fingerprint density at radius 1 is 1.14 bits per heavy atom. The van der Waals surface area contributed by atoms with Crippen molar-refractivity contribution in [1.82, 2.24) is 25.9 Å². The SMILES string of the molecule is C#Cc1cnc2c(C#N)cc(N[C@H](C3=CN(C4(C(F)F)CC4)NN3)c3cccc4cnccc34)cc2c1NCC(C)(C)C. The normalized spacial score (nSPS) is 16.4. The van der Waals surface area contributed by atoms with Gasteiger partial charge in [-0.1, -0.05) is 44.9 Å². The van der Waals surface area contributed by atoms with E-state index in [1.807, 2.05) is 30.3 Å². The Kier molecular flexibility index (Phi) is 7.03. The van der Waals surface area contributed by atoms with E-state index >= 15 is 0 Å². The number of hydrogen-bond donors (Lipinski definition) is 4. The summed E-state index contributed by atoms with van der Waals surface area (Å²) in [6.07, 6.45) is 11.0. The third-order valence-electron chi connectivity index (χ3n) is 7.93. The van der Waals surface area contributed by atoms with E-state index < -0.39 is 18.0 Å². The molecule has 1 atom stereocenters. The molecule has 1 aliphatic heterocycles. The standard InChI is InChI=1S/C33H32F2N8/c1-5-20-17-38-29-22(15-36)13-23(14-26(29)28(20)39-19-32(2,3)4)40-30(25-8-6-7-21-16-37-12-9-24(21)25)27-18-43(42-41-27)33(10-11-33)31(34)35/h1,6-9,12-14,16-18,30-31,40-42H,10-11,19H2,2-4H3,(H,38,39)/t30-/m0/s1. The number of benzene rings is 2. The van der Waals surface area contributed by atoms with Crippen LogP contribution in [-0.4, -0.2) is 33.5 Å².